The first kappa shape index (κ1) is 11.2. The Balaban J connectivity index is 2.64. The zero-order chi connectivity index (χ0) is 12.4. The van der Waals surface area contributed by atoms with Crippen LogP contribution in [0.4, 0.5) is 0 Å². The number of fused-ring (bicyclic) bond motifs is 1. The number of amides is 1. The maximum atomic E-state index is 12.1. The fourth-order valence-corrected chi connectivity index (χ4v) is 1.78. The molecule has 0 atom stereocenters. The van der Waals surface area contributed by atoms with Gasteiger partial charge in [0.1, 0.15) is 0 Å². The number of carbonyl (C=O) groups excluding carboxylic acids is 1. The lowest BCUT2D eigenvalue weighted by atomic mass is 10.0. The van der Waals surface area contributed by atoms with Crippen molar-refractivity contribution in [3.05, 3.63) is 59.4 Å². The van der Waals surface area contributed by atoms with Gasteiger partial charge in [0.25, 0.3) is 5.91 Å². The normalized spacial score (nSPS) is 18.5. The average Bonchev–Trinajstić information content (AvgIpc) is 2.55. The van der Waals surface area contributed by atoms with Gasteiger partial charge in [-0.1, -0.05) is 30.7 Å². The second-order valence-electron chi connectivity index (χ2n) is 3.90. The van der Waals surface area contributed by atoms with Gasteiger partial charge in [-0.2, -0.15) is 0 Å². The molecular weight excluding hydrogens is 210 g/mol. The van der Waals surface area contributed by atoms with E-state index in [1.54, 1.807) is 25.1 Å². The molecule has 0 saturated heterocycles. The number of allylic oxidation sites excluding steroid dienone is 6. The average molecular weight is 223 g/mol. The van der Waals surface area contributed by atoms with E-state index in [1.165, 1.54) is 0 Å². The molecule has 1 heterocycles. The van der Waals surface area contributed by atoms with Gasteiger partial charge < -0.3 is 4.90 Å². The quantitative estimate of drug-likeness (QED) is 0.577. The number of carbonyl (C=O) groups is 1. The van der Waals surface area contributed by atoms with Crippen LogP contribution in [0, 0.1) is 11.8 Å². The van der Waals surface area contributed by atoms with Gasteiger partial charge in [0, 0.05) is 24.4 Å². The van der Waals surface area contributed by atoms with Gasteiger partial charge in [0.2, 0.25) is 0 Å². The summed E-state index contributed by atoms with van der Waals surface area (Å²) in [5.41, 5.74) is 3.14. The molecule has 2 bridgehead atoms. The summed E-state index contributed by atoms with van der Waals surface area (Å²) in [5, 5.41) is 0. The van der Waals surface area contributed by atoms with Gasteiger partial charge in [0.15, 0.2) is 0 Å². The third-order valence-electron chi connectivity index (χ3n) is 2.66. The van der Waals surface area contributed by atoms with E-state index in [-0.39, 0.29) is 5.91 Å². The van der Waals surface area contributed by atoms with Crippen molar-refractivity contribution in [1.29, 1.82) is 0 Å². The Morgan fingerprint density at radius 3 is 2.88 bits per heavy atom. The standard InChI is InChI=1S/C15H13NO/c1-4-6-13-10-16(3)15(17)14-9-12(13)8-5-7-11(14)2/h5,7-10H,2H2,1,3H3. The van der Waals surface area contributed by atoms with E-state index in [2.05, 4.69) is 18.4 Å². The Labute approximate surface area is 101 Å². The van der Waals surface area contributed by atoms with Crippen molar-refractivity contribution in [3.8, 4) is 11.8 Å². The Kier molecular flexibility index (Phi) is 2.84. The van der Waals surface area contributed by atoms with Crippen molar-refractivity contribution in [3.63, 3.8) is 0 Å². The molecule has 17 heavy (non-hydrogen) atoms. The lowest BCUT2D eigenvalue weighted by Crippen LogP contribution is -2.22. The highest BCUT2D eigenvalue weighted by atomic mass is 16.2. The molecule has 0 radical (unpaired) electrons. The fourth-order valence-electron chi connectivity index (χ4n) is 1.78. The van der Waals surface area contributed by atoms with E-state index in [9.17, 15) is 4.79 Å². The SMILES string of the molecule is C=C1C=CC=C2C=C1C(=O)N(C)C=C2C#CC. The van der Waals surface area contributed by atoms with E-state index in [4.69, 9.17) is 0 Å². The second-order valence-corrected chi connectivity index (χ2v) is 3.90. The Morgan fingerprint density at radius 2 is 2.18 bits per heavy atom. The maximum Gasteiger partial charge on any atom is 0.258 e. The third-order valence-corrected chi connectivity index (χ3v) is 2.66. The lowest BCUT2D eigenvalue weighted by Gasteiger charge is -2.13. The van der Waals surface area contributed by atoms with Crippen LogP contribution in [-0.2, 0) is 4.79 Å². The van der Waals surface area contributed by atoms with Crippen LogP contribution in [0.1, 0.15) is 6.92 Å². The lowest BCUT2D eigenvalue weighted by molar-refractivity contribution is -0.123. The van der Waals surface area contributed by atoms with Crippen LogP contribution in [0.2, 0.25) is 0 Å². The summed E-state index contributed by atoms with van der Waals surface area (Å²) in [4.78, 5) is 13.7. The first-order chi connectivity index (χ1) is 8.13. The molecule has 0 aromatic heterocycles. The van der Waals surface area contributed by atoms with E-state index < -0.39 is 0 Å². The summed E-state index contributed by atoms with van der Waals surface area (Å²) in [7, 11) is 1.73. The van der Waals surface area contributed by atoms with Gasteiger partial charge in [-0.25, -0.2) is 0 Å². The van der Waals surface area contributed by atoms with Gasteiger partial charge in [-0.05, 0) is 24.1 Å². The van der Waals surface area contributed by atoms with Crippen LogP contribution in [0.15, 0.2) is 59.4 Å². The Hall–Kier alpha value is -2.27. The molecule has 2 rings (SSSR count). The number of hydrogen-bond acceptors (Lipinski definition) is 1. The minimum Gasteiger partial charge on any atom is -0.317 e. The molecule has 0 saturated carbocycles. The molecule has 0 unspecified atom stereocenters. The van der Waals surface area contributed by atoms with Crippen molar-refractivity contribution >= 4 is 5.91 Å². The van der Waals surface area contributed by atoms with Crippen LogP contribution in [0.25, 0.3) is 0 Å². The Morgan fingerprint density at radius 1 is 1.41 bits per heavy atom. The molecular formula is C15H13NO. The predicted molar refractivity (Wildman–Crippen MR) is 68.7 cm³/mol. The summed E-state index contributed by atoms with van der Waals surface area (Å²) in [6, 6.07) is 0. The molecule has 2 aliphatic rings. The fraction of sp³-hybridized carbons (Fsp3) is 0.133. The topological polar surface area (TPSA) is 20.3 Å². The summed E-state index contributed by atoms with van der Waals surface area (Å²) in [6.45, 7) is 5.68. The third kappa shape index (κ3) is 2.00. The highest BCUT2D eigenvalue weighted by Crippen LogP contribution is 2.26. The predicted octanol–water partition coefficient (Wildman–Crippen LogP) is 2.34. The number of rotatable bonds is 0. The van der Waals surface area contributed by atoms with Gasteiger partial charge in [-0.3, -0.25) is 4.79 Å². The van der Waals surface area contributed by atoms with Crippen molar-refractivity contribution < 1.29 is 4.79 Å². The molecule has 84 valence electrons. The van der Waals surface area contributed by atoms with E-state index >= 15 is 0 Å². The zero-order valence-corrected chi connectivity index (χ0v) is 9.95. The molecule has 0 aromatic rings. The summed E-state index contributed by atoms with van der Waals surface area (Å²) in [5.74, 6) is 5.82. The monoisotopic (exact) mass is 223 g/mol. The van der Waals surface area contributed by atoms with Crippen molar-refractivity contribution in [1.82, 2.24) is 4.90 Å². The number of nitrogens with zero attached hydrogens (tertiary/aromatic N) is 1. The molecule has 0 fully saturated rings. The molecule has 1 amide bonds. The first-order valence-electron chi connectivity index (χ1n) is 5.35. The van der Waals surface area contributed by atoms with Gasteiger partial charge >= 0.3 is 0 Å². The number of likely N-dealkylation sites (N-methyl/N-ethyl adjacent to an activating group) is 1. The molecule has 0 aromatic carbocycles. The molecule has 1 aliphatic carbocycles. The van der Waals surface area contributed by atoms with Crippen LogP contribution < -0.4 is 0 Å². The van der Waals surface area contributed by atoms with Crippen molar-refractivity contribution in [2.45, 2.75) is 6.92 Å². The minimum atomic E-state index is -0.0552. The van der Waals surface area contributed by atoms with Gasteiger partial charge in [-0.15, -0.1) is 5.92 Å². The highest BCUT2D eigenvalue weighted by Gasteiger charge is 2.21. The zero-order valence-electron chi connectivity index (χ0n) is 9.95. The van der Waals surface area contributed by atoms with Crippen LogP contribution >= 0.6 is 0 Å². The highest BCUT2D eigenvalue weighted by molar-refractivity contribution is 6.00. The minimum absolute atomic E-state index is 0.0552. The summed E-state index contributed by atoms with van der Waals surface area (Å²) >= 11 is 0. The van der Waals surface area contributed by atoms with E-state index in [0.717, 1.165) is 16.7 Å². The largest absolute Gasteiger partial charge is 0.317 e. The molecule has 1 aliphatic heterocycles. The van der Waals surface area contributed by atoms with Crippen LogP contribution in [0.5, 0.6) is 0 Å². The second kappa shape index (κ2) is 4.31. The van der Waals surface area contributed by atoms with E-state index in [1.807, 2.05) is 24.3 Å². The van der Waals surface area contributed by atoms with E-state index in [0.29, 0.717) is 5.57 Å². The molecule has 2 heteroatoms. The Bertz CT molecular complexity index is 574. The van der Waals surface area contributed by atoms with Crippen molar-refractivity contribution in [2.24, 2.45) is 0 Å². The number of hydrogen-bond donors (Lipinski definition) is 0. The van der Waals surface area contributed by atoms with Crippen LogP contribution in [-0.4, -0.2) is 17.9 Å². The van der Waals surface area contributed by atoms with Crippen LogP contribution in [0.3, 0.4) is 0 Å². The maximum absolute atomic E-state index is 12.1. The first-order valence-corrected chi connectivity index (χ1v) is 5.35. The molecule has 0 N–H and O–H groups in total. The van der Waals surface area contributed by atoms with Crippen molar-refractivity contribution in [2.75, 3.05) is 7.05 Å². The van der Waals surface area contributed by atoms with Gasteiger partial charge in [0.05, 0.1) is 0 Å². The summed E-state index contributed by atoms with van der Waals surface area (Å²) in [6.07, 6.45) is 9.30. The molecule has 0 spiro atoms. The smallest absolute Gasteiger partial charge is 0.258 e. The summed E-state index contributed by atoms with van der Waals surface area (Å²) < 4.78 is 0. The molecule has 2 nitrogen and oxygen atoms in total.